The van der Waals surface area contributed by atoms with Crippen molar-refractivity contribution in [3.05, 3.63) is 107 Å². The molecule has 0 unspecified atom stereocenters. The number of hydrogen-bond acceptors (Lipinski definition) is 3. The molecule has 0 amide bonds. The molecule has 0 saturated carbocycles. The van der Waals surface area contributed by atoms with Crippen molar-refractivity contribution >= 4 is 23.0 Å². The Morgan fingerprint density at radius 2 is 1.82 bits per heavy atom. The Kier molecular flexibility index (Phi) is 5.42. The Morgan fingerprint density at radius 1 is 0.970 bits per heavy atom. The van der Waals surface area contributed by atoms with Crippen LogP contribution in [0.5, 0.6) is 0 Å². The van der Waals surface area contributed by atoms with E-state index in [9.17, 15) is 4.39 Å². The van der Waals surface area contributed by atoms with E-state index in [-0.39, 0.29) is 17.9 Å². The van der Waals surface area contributed by atoms with Crippen LogP contribution < -0.4 is 10.2 Å². The summed E-state index contributed by atoms with van der Waals surface area (Å²) in [6.07, 6.45) is 5.42. The second-order valence-corrected chi connectivity index (χ2v) is 8.69. The Morgan fingerprint density at radius 3 is 2.52 bits per heavy atom. The van der Waals surface area contributed by atoms with E-state index in [4.69, 9.17) is 12.2 Å². The van der Waals surface area contributed by atoms with Gasteiger partial charge in [-0.2, -0.15) is 0 Å². The summed E-state index contributed by atoms with van der Waals surface area (Å²) in [7, 11) is 0. The highest BCUT2D eigenvalue weighted by molar-refractivity contribution is 7.80. The lowest BCUT2D eigenvalue weighted by Gasteiger charge is -2.28. The Labute approximate surface area is 197 Å². The van der Waals surface area contributed by atoms with Crippen molar-refractivity contribution in [3.63, 3.8) is 0 Å². The van der Waals surface area contributed by atoms with Crippen LogP contribution in [0.2, 0.25) is 0 Å². The van der Waals surface area contributed by atoms with E-state index >= 15 is 0 Å². The molecule has 33 heavy (non-hydrogen) atoms. The summed E-state index contributed by atoms with van der Waals surface area (Å²) in [5.74, 6) is -0.232. The van der Waals surface area contributed by atoms with E-state index in [1.165, 1.54) is 6.07 Å². The van der Waals surface area contributed by atoms with E-state index < -0.39 is 0 Å². The molecule has 4 aromatic rings. The number of thiocarbonyl (C=S) groups is 1. The van der Waals surface area contributed by atoms with Crippen LogP contribution in [-0.4, -0.2) is 19.6 Å². The highest BCUT2D eigenvalue weighted by atomic mass is 32.1. The third-order valence-electron chi connectivity index (χ3n) is 6.21. The summed E-state index contributed by atoms with van der Waals surface area (Å²) in [6.45, 7) is 5.97. The molecule has 5 rings (SSSR count). The molecule has 4 heterocycles. The van der Waals surface area contributed by atoms with E-state index in [1.807, 2.05) is 42.6 Å². The molecule has 1 aromatic carbocycles. The van der Waals surface area contributed by atoms with Crippen LogP contribution in [0.1, 0.15) is 40.3 Å². The lowest BCUT2D eigenvalue weighted by molar-refractivity contribution is 0.564. The van der Waals surface area contributed by atoms with E-state index in [0.717, 1.165) is 34.0 Å². The van der Waals surface area contributed by atoms with Gasteiger partial charge in [0.05, 0.1) is 29.7 Å². The second kappa shape index (κ2) is 8.41. The van der Waals surface area contributed by atoms with Gasteiger partial charge < -0.3 is 14.8 Å². The number of nitrogens with one attached hydrogen (secondary N) is 1. The third kappa shape index (κ3) is 3.68. The summed E-state index contributed by atoms with van der Waals surface area (Å²) in [6, 6.07) is 16.9. The zero-order valence-corrected chi connectivity index (χ0v) is 19.5. The molecular formula is C26H24FN5S. The molecule has 3 aromatic heterocycles. The molecule has 166 valence electrons. The van der Waals surface area contributed by atoms with Gasteiger partial charge in [-0.15, -0.1) is 0 Å². The van der Waals surface area contributed by atoms with Crippen LogP contribution in [0.15, 0.2) is 73.2 Å². The van der Waals surface area contributed by atoms with E-state index in [2.05, 4.69) is 44.7 Å². The van der Waals surface area contributed by atoms with Crippen LogP contribution in [0, 0.1) is 26.6 Å². The van der Waals surface area contributed by atoms with Crippen LogP contribution >= 0.6 is 12.2 Å². The van der Waals surface area contributed by atoms with Gasteiger partial charge >= 0.3 is 0 Å². The average molecular weight is 458 g/mol. The Hall–Kier alpha value is -3.58. The molecule has 1 aliphatic heterocycles. The lowest BCUT2D eigenvalue weighted by Crippen LogP contribution is -2.29. The van der Waals surface area contributed by atoms with Gasteiger partial charge in [0, 0.05) is 29.5 Å². The standard InChI is InChI=1S/C26H24FN5S/c1-16-13-19(9-10-22(16)27)32-25(24(30-26(32)33)23-8-4-5-12-29-23)21-14-17(2)31(18(21)3)20-7-6-11-28-15-20/h4-15,24-25H,1-3H3,(H,30,33)/t24-,25-/m0/s1. The number of hydrogen-bond donors (Lipinski definition) is 1. The number of anilines is 1. The quantitative estimate of drug-likeness (QED) is 0.410. The average Bonchev–Trinajstić information content (AvgIpc) is 3.32. The van der Waals surface area contributed by atoms with Gasteiger partial charge in [-0.05, 0) is 92.6 Å². The third-order valence-corrected chi connectivity index (χ3v) is 6.53. The SMILES string of the molecule is Cc1cc(N2C(=S)N[C@@H](c3ccccn3)[C@@H]2c2cc(C)n(-c3cccnc3)c2C)ccc1F. The first kappa shape index (κ1) is 21.3. The van der Waals surface area contributed by atoms with Gasteiger partial charge in [0.25, 0.3) is 0 Å². The molecule has 0 radical (unpaired) electrons. The molecule has 2 atom stereocenters. The fourth-order valence-corrected chi connectivity index (χ4v) is 5.04. The monoisotopic (exact) mass is 457 g/mol. The molecule has 1 fully saturated rings. The fraction of sp³-hybridized carbons (Fsp3) is 0.192. The van der Waals surface area contributed by atoms with Crippen molar-refractivity contribution in [2.24, 2.45) is 0 Å². The van der Waals surface area contributed by atoms with Gasteiger partial charge in [0.2, 0.25) is 0 Å². The molecular weight excluding hydrogens is 433 g/mol. The number of aromatic nitrogens is 3. The second-order valence-electron chi connectivity index (χ2n) is 8.30. The van der Waals surface area contributed by atoms with Crippen molar-refractivity contribution < 1.29 is 4.39 Å². The Bertz CT molecular complexity index is 1320. The smallest absolute Gasteiger partial charge is 0.174 e. The first-order valence-corrected chi connectivity index (χ1v) is 11.2. The minimum absolute atomic E-state index is 0.158. The summed E-state index contributed by atoms with van der Waals surface area (Å²) in [4.78, 5) is 11.0. The van der Waals surface area contributed by atoms with Crippen molar-refractivity contribution in [3.8, 4) is 5.69 Å². The molecule has 0 bridgehead atoms. The first-order chi connectivity index (χ1) is 16.0. The summed E-state index contributed by atoms with van der Waals surface area (Å²) < 4.78 is 16.3. The van der Waals surface area contributed by atoms with Gasteiger partial charge in [-0.1, -0.05) is 6.07 Å². The van der Waals surface area contributed by atoms with Crippen LogP contribution in [0.3, 0.4) is 0 Å². The minimum atomic E-state index is -0.232. The predicted octanol–water partition coefficient (Wildman–Crippen LogP) is 5.51. The number of halogens is 1. The molecule has 0 spiro atoms. The predicted molar refractivity (Wildman–Crippen MR) is 132 cm³/mol. The number of benzene rings is 1. The van der Waals surface area contributed by atoms with Crippen molar-refractivity contribution in [1.82, 2.24) is 19.9 Å². The van der Waals surface area contributed by atoms with Gasteiger partial charge in [-0.3, -0.25) is 9.97 Å². The van der Waals surface area contributed by atoms with Crippen molar-refractivity contribution in [2.45, 2.75) is 32.9 Å². The van der Waals surface area contributed by atoms with E-state index in [1.54, 1.807) is 25.4 Å². The summed E-state index contributed by atoms with van der Waals surface area (Å²) in [5, 5.41) is 4.07. The molecule has 7 heteroatoms. The first-order valence-electron chi connectivity index (χ1n) is 10.8. The maximum atomic E-state index is 14.1. The topological polar surface area (TPSA) is 46.0 Å². The zero-order valence-electron chi connectivity index (χ0n) is 18.7. The highest BCUT2D eigenvalue weighted by Gasteiger charge is 2.42. The molecule has 1 N–H and O–H groups in total. The normalized spacial score (nSPS) is 17.9. The fourth-order valence-electron chi connectivity index (χ4n) is 4.70. The summed E-state index contributed by atoms with van der Waals surface area (Å²) in [5.41, 5.74) is 6.66. The largest absolute Gasteiger partial charge is 0.351 e. The minimum Gasteiger partial charge on any atom is -0.351 e. The lowest BCUT2D eigenvalue weighted by atomic mass is 9.96. The molecule has 0 aliphatic carbocycles. The van der Waals surface area contributed by atoms with Crippen LogP contribution in [0.25, 0.3) is 5.69 Å². The Balaban J connectivity index is 1.69. The van der Waals surface area contributed by atoms with Crippen molar-refractivity contribution in [1.29, 1.82) is 0 Å². The maximum absolute atomic E-state index is 14.1. The molecule has 5 nitrogen and oxygen atoms in total. The van der Waals surface area contributed by atoms with Crippen LogP contribution in [0.4, 0.5) is 10.1 Å². The van der Waals surface area contributed by atoms with Gasteiger partial charge in [0.1, 0.15) is 5.82 Å². The maximum Gasteiger partial charge on any atom is 0.174 e. The summed E-state index contributed by atoms with van der Waals surface area (Å²) >= 11 is 5.81. The number of aryl methyl sites for hydroxylation is 2. The number of pyridine rings is 2. The van der Waals surface area contributed by atoms with Gasteiger partial charge in [0.15, 0.2) is 5.11 Å². The van der Waals surface area contributed by atoms with Crippen LogP contribution in [-0.2, 0) is 0 Å². The van der Waals surface area contributed by atoms with Gasteiger partial charge in [-0.25, -0.2) is 4.39 Å². The van der Waals surface area contributed by atoms with Crippen molar-refractivity contribution in [2.75, 3.05) is 4.90 Å². The zero-order chi connectivity index (χ0) is 23.1. The van der Waals surface area contributed by atoms with E-state index in [0.29, 0.717) is 10.7 Å². The number of nitrogens with zero attached hydrogens (tertiary/aromatic N) is 4. The molecule has 1 aliphatic rings. The highest BCUT2D eigenvalue weighted by Crippen LogP contribution is 2.43. The molecule has 1 saturated heterocycles. The number of rotatable bonds is 4.